The van der Waals surface area contributed by atoms with Crippen molar-refractivity contribution in [2.75, 3.05) is 6.16 Å². The zero-order chi connectivity index (χ0) is 11.5. The lowest BCUT2D eigenvalue weighted by molar-refractivity contribution is -0.114. The van der Waals surface area contributed by atoms with Crippen LogP contribution in [0.3, 0.4) is 0 Å². The average Bonchev–Trinajstić information content (AvgIpc) is 2.18. The molecule has 1 aromatic rings. The molecular formula is C10H11Cl2O2P. The highest BCUT2D eigenvalue weighted by atomic mass is 35.7. The van der Waals surface area contributed by atoms with Gasteiger partial charge in [0, 0.05) is 17.4 Å². The van der Waals surface area contributed by atoms with Crippen molar-refractivity contribution in [3.05, 3.63) is 30.3 Å². The van der Waals surface area contributed by atoms with E-state index in [-0.39, 0.29) is 6.16 Å². The molecule has 0 aliphatic carbocycles. The van der Waals surface area contributed by atoms with Crippen LogP contribution in [-0.2, 0) is 9.36 Å². The molecule has 1 aromatic carbocycles. The maximum Gasteiger partial charge on any atom is 0.224 e. The van der Waals surface area contributed by atoms with E-state index in [1.54, 1.807) is 31.2 Å². The molecule has 2 atom stereocenters. The summed E-state index contributed by atoms with van der Waals surface area (Å²) in [6, 6.07) is 8.73. The Morgan fingerprint density at radius 2 is 1.93 bits per heavy atom. The summed E-state index contributed by atoms with van der Waals surface area (Å²) in [7, 11) is 0. The molecule has 0 aliphatic rings. The Morgan fingerprint density at radius 3 is 2.40 bits per heavy atom. The SMILES string of the molecule is CC(CP(=O)(Cl)c1ccccc1)C(=O)Cl. The lowest BCUT2D eigenvalue weighted by Gasteiger charge is -2.13. The fraction of sp³-hybridized carbons (Fsp3) is 0.300. The van der Waals surface area contributed by atoms with Crippen LogP contribution in [0.2, 0.25) is 0 Å². The Morgan fingerprint density at radius 1 is 1.40 bits per heavy atom. The van der Waals surface area contributed by atoms with Gasteiger partial charge in [0.2, 0.25) is 5.24 Å². The number of carbonyl (C=O) groups excluding carboxylic acids is 1. The van der Waals surface area contributed by atoms with Gasteiger partial charge in [-0.1, -0.05) is 37.3 Å². The maximum absolute atomic E-state index is 12.1. The molecule has 2 nitrogen and oxygen atoms in total. The van der Waals surface area contributed by atoms with Crippen molar-refractivity contribution >= 4 is 39.9 Å². The summed E-state index contributed by atoms with van der Waals surface area (Å²) < 4.78 is 12.1. The van der Waals surface area contributed by atoms with Crippen LogP contribution in [0.15, 0.2) is 30.3 Å². The van der Waals surface area contributed by atoms with Gasteiger partial charge in [-0.15, -0.1) is 0 Å². The molecule has 0 radical (unpaired) electrons. The zero-order valence-corrected chi connectivity index (χ0v) is 10.6. The van der Waals surface area contributed by atoms with Crippen LogP contribution in [0.1, 0.15) is 6.92 Å². The van der Waals surface area contributed by atoms with E-state index in [1.165, 1.54) is 0 Å². The Bertz CT molecular complexity index is 392. The van der Waals surface area contributed by atoms with E-state index < -0.39 is 17.7 Å². The van der Waals surface area contributed by atoms with E-state index >= 15 is 0 Å². The molecule has 1 rings (SSSR count). The van der Waals surface area contributed by atoms with E-state index in [4.69, 9.17) is 22.8 Å². The number of hydrogen-bond donors (Lipinski definition) is 0. The average molecular weight is 265 g/mol. The number of benzene rings is 1. The van der Waals surface area contributed by atoms with Crippen molar-refractivity contribution in [2.24, 2.45) is 5.92 Å². The molecule has 0 saturated carbocycles. The summed E-state index contributed by atoms with van der Waals surface area (Å²) in [5.74, 6) is -0.491. The van der Waals surface area contributed by atoms with Crippen molar-refractivity contribution < 1.29 is 9.36 Å². The van der Waals surface area contributed by atoms with Crippen LogP contribution in [0.5, 0.6) is 0 Å². The molecule has 0 spiro atoms. The summed E-state index contributed by atoms with van der Waals surface area (Å²) in [5.41, 5.74) is 0. The number of rotatable bonds is 4. The number of hydrogen-bond acceptors (Lipinski definition) is 2. The second kappa shape index (κ2) is 5.16. The minimum Gasteiger partial charge on any atom is -0.302 e. The van der Waals surface area contributed by atoms with Gasteiger partial charge in [0.1, 0.15) is 0 Å². The predicted molar refractivity (Wildman–Crippen MR) is 64.4 cm³/mol. The molecule has 0 heterocycles. The molecule has 0 amide bonds. The van der Waals surface area contributed by atoms with E-state index in [1.807, 2.05) is 6.07 Å². The first-order valence-electron chi connectivity index (χ1n) is 4.47. The van der Waals surface area contributed by atoms with Gasteiger partial charge >= 0.3 is 0 Å². The Hall–Kier alpha value is -0.300. The van der Waals surface area contributed by atoms with Crippen LogP contribution in [0.25, 0.3) is 0 Å². The normalized spacial score (nSPS) is 16.7. The summed E-state index contributed by atoms with van der Waals surface area (Å²) in [6.45, 7) is -1.37. The van der Waals surface area contributed by atoms with Crippen molar-refractivity contribution in [3.63, 3.8) is 0 Å². The Balaban J connectivity index is 2.85. The fourth-order valence-electron chi connectivity index (χ4n) is 1.18. The van der Waals surface area contributed by atoms with Crippen LogP contribution < -0.4 is 5.30 Å². The summed E-state index contributed by atoms with van der Waals surface area (Å²) in [6.07, 6.45) is 0.0981. The monoisotopic (exact) mass is 264 g/mol. The molecular weight excluding hydrogens is 254 g/mol. The first-order chi connectivity index (χ1) is 6.93. The zero-order valence-electron chi connectivity index (χ0n) is 8.19. The molecule has 0 aromatic heterocycles. The van der Waals surface area contributed by atoms with Gasteiger partial charge in [-0.3, -0.25) is 4.79 Å². The minimum absolute atomic E-state index is 0.0981. The van der Waals surface area contributed by atoms with Gasteiger partial charge in [-0.05, 0) is 22.8 Å². The standard InChI is InChI=1S/C10H11Cl2O2P/c1-8(10(11)13)7-15(12,14)9-5-3-2-4-6-9/h2-6,8H,7H2,1H3. The smallest absolute Gasteiger partial charge is 0.224 e. The van der Waals surface area contributed by atoms with E-state index in [9.17, 15) is 9.36 Å². The topological polar surface area (TPSA) is 34.1 Å². The maximum atomic E-state index is 12.1. The second-order valence-corrected chi connectivity index (χ2v) is 7.57. The van der Waals surface area contributed by atoms with Crippen LogP contribution in [0, 0.1) is 5.92 Å². The summed E-state index contributed by atoms with van der Waals surface area (Å²) in [4.78, 5) is 10.8. The third kappa shape index (κ3) is 3.64. The van der Waals surface area contributed by atoms with Crippen LogP contribution in [0.4, 0.5) is 0 Å². The van der Waals surface area contributed by atoms with Crippen molar-refractivity contribution in [1.82, 2.24) is 0 Å². The third-order valence-corrected chi connectivity index (χ3v) is 5.50. The van der Waals surface area contributed by atoms with Gasteiger partial charge in [-0.2, -0.15) is 0 Å². The van der Waals surface area contributed by atoms with E-state index in [2.05, 4.69) is 0 Å². The first kappa shape index (κ1) is 12.8. The van der Waals surface area contributed by atoms with Crippen molar-refractivity contribution in [2.45, 2.75) is 6.92 Å². The molecule has 0 N–H and O–H groups in total. The van der Waals surface area contributed by atoms with Gasteiger partial charge in [-0.25, -0.2) is 0 Å². The highest BCUT2D eigenvalue weighted by molar-refractivity contribution is 7.95. The van der Waals surface area contributed by atoms with Crippen molar-refractivity contribution in [3.8, 4) is 0 Å². The molecule has 0 fully saturated rings. The molecule has 82 valence electrons. The lowest BCUT2D eigenvalue weighted by Crippen LogP contribution is -2.13. The molecule has 2 unspecified atom stereocenters. The lowest BCUT2D eigenvalue weighted by atomic mass is 10.2. The van der Waals surface area contributed by atoms with Gasteiger partial charge in [0.15, 0.2) is 6.49 Å². The molecule has 0 saturated heterocycles. The highest BCUT2D eigenvalue weighted by Crippen LogP contribution is 2.51. The Labute approximate surface area is 98.7 Å². The quantitative estimate of drug-likeness (QED) is 0.618. The van der Waals surface area contributed by atoms with E-state index in [0.29, 0.717) is 5.30 Å². The van der Waals surface area contributed by atoms with Crippen LogP contribution in [-0.4, -0.2) is 11.4 Å². The highest BCUT2D eigenvalue weighted by Gasteiger charge is 2.26. The number of carbonyl (C=O) groups is 1. The molecule has 15 heavy (non-hydrogen) atoms. The van der Waals surface area contributed by atoms with Gasteiger partial charge in [0.05, 0.1) is 0 Å². The van der Waals surface area contributed by atoms with Gasteiger partial charge < -0.3 is 4.57 Å². The molecule has 5 heteroatoms. The number of halogens is 2. The van der Waals surface area contributed by atoms with Gasteiger partial charge in [0.25, 0.3) is 0 Å². The summed E-state index contributed by atoms with van der Waals surface area (Å²) in [5, 5.41) is 0.0586. The molecule has 0 bridgehead atoms. The largest absolute Gasteiger partial charge is 0.302 e. The third-order valence-electron chi connectivity index (χ3n) is 2.04. The van der Waals surface area contributed by atoms with Crippen molar-refractivity contribution in [1.29, 1.82) is 0 Å². The fourth-order valence-corrected chi connectivity index (χ4v) is 4.02. The molecule has 0 aliphatic heterocycles. The second-order valence-electron chi connectivity index (χ2n) is 3.37. The summed E-state index contributed by atoms with van der Waals surface area (Å²) >= 11 is 11.2. The predicted octanol–water partition coefficient (Wildman–Crippen LogP) is 3.23. The van der Waals surface area contributed by atoms with Crippen LogP contribution >= 0.6 is 29.3 Å². The minimum atomic E-state index is -2.99. The van der Waals surface area contributed by atoms with E-state index in [0.717, 1.165) is 0 Å². The Kier molecular flexibility index (Phi) is 4.39. The first-order valence-corrected chi connectivity index (χ1v) is 7.64.